The second-order valence-electron chi connectivity index (χ2n) is 4.71. The van der Waals surface area contributed by atoms with Crippen LogP contribution in [0.15, 0.2) is 9.79 Å². The highest BCUT2D eigenvalue weighted by molar-refractivity contribution is 7.99. The summed E-state index contributed by atoms with van der Waals surface area (Å²) >= 11 is -0.286. The van der Waals surface area contributed by atoms with E-state index >= 15 is 0 Å². The molecule has 0 aliphatic carbocycles. The largest absolute Gasteiger partial charge is 0.422 e. The van der Waals surface area contributed by atoms with E-state index in [0.717, 1.165) is 0 Å². The molecular formula is C13HF10NS. The second-order valence-corrected chi connectivity index (χ2v) is 5.73. The summed E-state index contributed by atoms with van der Waals surface area (Å²) in [6.07, 6.45) is -5.64. The summed E-state index contributed by atoms with van der Waals surface area (Å²) in [5, 5.41) is 1.54. The summed E-state index contributed by atoms with van der Waals surface area (Å²) in [7, 11) is 0. The first kappa shape index (κ1) is 17.7. The van der Waals surface area contributed by atoms with E-state index in [4.69, 9.17) is 0 Å². The molecule has 0 atom stereocenters. The monoisotopic (exact) mass is 393 g/mol. The first-order valence-electron chi connectivity index (χ1n) is 6.05. The van der Waals surface area contributed by atoms with E-state index in [1.165, 1.54) is 0 Å². The molecule has 2 aromatic carbocycles. The van der Waals surface area contributed by atoms with Crippen molar-refractivity contribution in [2.24, 2.45) is 0 Å². The van der Waals surface area contributed by atoms with Crippen LogP contribution in [0.4, 0.5) is 55.3 Å². The van der Waals surface area contributed by atoms with Gasteiger partial charge in [-0.2, -0.15) is 13.2 Å². The molecule has 0 radical (unpaired) electrons. The Morgan fingerprint density at radius 3 is 1.52 bits per heavy atom. The standard InChI is InChI=1S/C13HF10NS/c14-2-1(13(21,22)23)3(15)9-11(7(2)19)25-12-8(20)5(17)4(16)6(18)10(12)24-9/h24H. The molecule has 0 bridgehead atoms. The fourth-order valence-electron chi connectivity index (χ4n) is 2.14. The Morgan fingerprint density at radius 1 is 0.560 bits per heavy atom. The Balaban J connectivity index is 2.33. The minimum atomic E-state index is -5.64. The van der Waals surface area contributed by atoms with Crippen molar-refractivity contribution in [3.63, 3.8) is 0 Å². The minimum Gasteiger partial charge on any atom is -0.349 e. The van der Waals surface area contributed by atoms with Crippen molar-refractivity contribution in [1.82, 2.24) is 0 Å². The first-order valence-corrected chi connectivity index (χ1v) is 6.86. The Bertz CT molecular complexity index is 921. The van der Waals surface area contributed by atoms with Crippen molar-refractivity contribution >= 4 is 23.1 Å². The predicted molar refractivity (Wildman–Crippen MR) is 65.0 cm³/mol. The van der Waals surface area contributed by atoms with Gasteiger partial charge in [0.05, 0.1) is 21.2 Å². The van der Waals surface area contributed by atoms with Crippen LogP contribution < -0.4 is 5.32 Å². The van der Waals surface area contributed by atoms with E-state index in [1.807, 2.05) is 0 Å². The topological polar surface area (TPSA) is 12.0 Å². The normalized spacial score (nSPS) is 13.4. The molecule has 134 valence electrons. The van der Waals surface area contributed by atoms with Crippen molar-refractivity contribution in [1.29, 1.82) is 0 Å². The van der Waals surface area contributed by atoms with Crippen LogP contribution in [-0.4, -0.2) is 0 Å². The number of rotatable bonds is 0. The summed E-state index contributed by atoms with van der Waals surface area (Å²) in [6.45, 7) is 0. The van der Waals surface area contributed by atoms with Gasteiger partial charge in [-0.05, 0) is 0 Å². The van der Waals surface area contributed by atoms with Gasteiger partial charge >= 0.3 is 6.18 Å². The molecule has 1 N–H and O–H groups in total. The lowest BCUT2D eigenvalue weighted by atomic mass is 10.1. The summed E-state index contributed by atoms with van der Waals surface area (Å²) in [6, 6.07) is 0. The smallest absolute Gasteiger partial charge is 0.349 e. The fourth-order valence-corrected chi connectivity index (χ4v) is 3.19. The third kappa shape index (κ3) is 2.41. The Morgan fingerprint density at radius 2 is 1.00 bits per heavy atom. The highest BCUT2D eigenvalue weighted by Crippen LogP contribution is 2.52. The lowest BCUT2D eigenvalue weighted by molar-refractivity contribution is -0.142. The minimum absolute atomic E-state index is 0.286. The van der Waals surface area contributed by atoms with Crippen molar-refractivity contribution in [2.45, 2.75) is 16.0 Å². The number of alkyl halides is 3. The Kier molecular flexibility index (Phi) is 3.86. The van der Waals surface area contributed by atoms with Crippen LogP contribution >= 0.6 is 11.8 Å². The highest BCUT2D eigenvalue weighted by atomic mass is 32.2. The molecule has 1 aliphatic heterocycles. The Hall–Kier alpha value is -2.11. The van der Waals surface area contributed by atoms with Crippen LogP contribution in [0.1, 0.15) is 5.56 Å². The molecule has 0 saturated carbocycles. The molecule has 1 heterocycles. The maximum absolute atomic E-state index is 14.0. The zero-order valence-corrected chi connectivity index (χ0v) is 12.0. The molecule has 1 aliphatic rings. The highest BCUT2D eigenvalue weighted by Gasteiger charge is 2.44. The molecule has 0 saturated heterocycles. The van der Waals surface area contributed by atoms with Crippen LogP contribution in [0.25, 0.3) is 0 Å². The van der Waals surface area contributed by atoms with Gasteiger partial charge in [-0.25, -0.2) is 30.7 Å². The molecule has 25 heavy (non-hydrogen) atoms. The van der Waals surface area contributed by atoms with Gasteiger partial charge in [0, 0.05) is 0 Å². The van der Waals surface area contributed by atoms with Gasteiger partial charge in [-0.3, -0.25) is 0 Å². The third-order valence-corrected chi connectivity index (χ3v) is 4.41. The first-order chi connectivity index (χ1) is 11.5. The summed E-state index contributed by atoms with van der Waals surface area (Å²) in [5.74, 6) is -15.8. The average molecular weight is 393 g/mol. The third-order valence-electron chi connectivity index (χ3n) is 3.24. The lowest BCUT2D eigenvalue weighted by Crippen LogP contribution is -2.18. The van der Waals surface area contributed by atoms with Crippen LogP contribution in [0.3, 0.4) is 0 Å². The van der Waals surface area contributed by atoms with E-state index in [9.17, 15) is 43.9 Å². The van der Waals surface area contributed by atoms with Gasteiger partial charge < -0.3 is 5.32 Å². The van der Waals surface area contributed by atoms with Crippen LogP contribution in [0, 0.1) is 40.7 Å². The van der Waals surface area contributed by atoms with Crippen LogP contribution in [0.5, 0.6) is 0 Å². The molecule has 1 nitrogen and oxygen atoms in total. The zero-order chi connectivity index (χ0) is 18.8. The lowest BCUT2D eigenvalue weighted by Gasteiger charge is -2.25. The molecule has 0 spiro atoms. The van der Waals surface area contributed by atoms with Crippen LogP contribution in [-0.2, 0) is 6.18 Å². The number of fused-ring (bicyclic) bond motifs is 2. The van der Waals surface area contributed by atoms with Crippen molar-refractivity contribution in [2.75, 3.05) is 5.32 Å². The maximum Gasteiger partial charge on any atom is 0.422 e. The number of hydrogen-bond donors (Lipinski definition) is 1. The predicted octanol–water partition coefficient (Wildman–Crippen LogP) is 5.89. The van der Waals surface area contributed by atoms with Gasteiger partial charge in [-0.1, -0.05) is 11.8 Å². The van der Waals surface area contributed by atoms with Gasteiger partial charge in [0.15, 0.2) is 40.7 Å². The average Bonchev–Trinajstić information content (AvgIpc) is 2.53. The molecule has 0 amide bonds. The quantitative estimate of drug-likeness (QED) is 0.291. The molecule has 2 aromatic rings. The number of nitrogens with one attached hydrogen (secondary N) is 1. The van der Waals surface area contributed by atoms with Gasteiger partial charge in [0.2, 0.25) is 0 Å². The molecule has 0 unspecified atom stereocenters. The SMILES string of the molecule is Fc1c(F)c(F)c2c(c1F)Nc1c(F)c(C(F)(F)F)c(F)c(F)c1S2. The molecule has 0 fully saturated rings. The summed E-state index contributed by atoms with van der Waals surface area (Å²) < 4.78 is 133. The number of hydrogen-bond acceptors (Lipinski definition) is 2. The molecule has 3 rings (SSSR count). The molecule has 0 aromatic heterocycles. The van der Waals surface area contributed by atoms with E-state index in [2.05, 4.69) is 0 Å². The van der Waals surface area contributed by atoms with Gasteiger partial charge in [0.25, 0.3) is 0 Å². The summed E-state index contributed by atoms with van der Waals surface area (Å²) in [5.41, 5.74) is -5.23. The number of halogens is 10. The fraction of sp³-hybridized carbons (Fsp3) is 0.0769. The van der Waals surface area contributed by atoms with Crippen molar-refractivity contribution in [3.05, 3.63) is 46.3 Å². The van der Waals surface area contributed by atoms with E-state index < -0.39 is 73.6 Å². The van der Waals surface area contributed by atoms with Crippen molar-refractivity contribution < 1.29 is 43.9 Å². The summed E-state index contributed by atoms with van der Waals surface area (Å²) in [4.78, 5) is -2.32. The maximum atomic E-state index is 14.0. The molecular weight excluding hydrogens is 392 g/mol. The van der Waals surface area contributed by atoms with E-state index in [-0.39, 0.29) is 11.8 Å². The van der Waals surface area contributed by atoms with E-state index in [0.29, 0.717) is 0 Å². The van der Waals surface area contributed by atoms with Crippen molar-refractivity contribution in [3.8, 4) is 0 Å². The van der Waals surface area contributed by atoms with Crippen LogP contribution in [0.2, 0.25) is 0 Å². The Labute approximate surface area is 135 Å². The zero-order valence-electron chi connectivity index (χ0n) is 11.2. The van der Waals surface area contributed by atoms with Gasteiger partial charge in [0.1, 0.15) is 5.56 Å². The number of benzene rings is 2. The molecule has 12 heteroatoms. The second kappa shape index (κ2) is 5.44. The van der Waals surface area contributed by atoms with Gasteiger partial charge in [-0.15, -0.1) is 0 Å². The van der Waals surface area contributed by atoms with E-state index in [1.54, 1.807) is 5.32 Å². The number of anilines is 2.